The van der Waals surface area contributed by atoms with Crippen LogP contribution in [0.5, 0.6) is 0 Å². The average molecular weight is 138 g/mol. The van der Waals surface area contributed by atoms with Gasteiger partial charge < -0.3 is 9.22 Å². The lowest BCUT2D eigenvalue weighted by molar-refractivity contribution is 0.305. The van der Waals surface area contributed by atoms with Gasteiger partial charge in [0.1, 0.15) is 0 Å². The Labute approximate surface area is 53.7 Å². The van der Waals surface area contributed by atoms with E-state index in [1.54, 1.807) is 13.1 Å². The Kier molecular flexibility index (Phi) is 10.4. The second-order valence-electron chi connectivity index (χ2n) is 1.65. The van der Waals surface area contributed by atoms with Crippen molar-refractivity contribution < 1.29 is 9.22 Å². The first-order valence-corrected chi connectivity index (χ1v) is 4.69. The summed E-state index contributed by atoms with van der Waals surface area (Å²) in [5.74, 6) is 0. The van der Waals surface area contributed by atoms with Crippen LogP contribution in [-0.2, 0) is 4.43 Å². The number of rotatable bonds is 1. The standard InChI is InChI=1S/C3H10O2Si.2CH4/c1-5-6(2,3)4;;/h4H,1-3H3;2*1H4. The number of hydrogen-bond acceptors (Lipinski definition) is 2. The largest absolute Gasteiger partial charge is 0.411 e. The summed E-state index contributed by atoms with van der Waals surface area (Å²) in [7, 11) is -0.611. The van der Waals surface area contributed by atoms with E-state index >= 15 is 0 Å². The van der Waals surface area contributed by atoms with Gasteiger partial charge in [-0.25, -0.2) is 0 Å². The van der Waals surface area contributed by atoms with Crippen molar-refractivity contribution in [1.82, 2.24) is 0 Å². The first kappa shape index (κ1) is 15.7. The molecule has 0 aromatic heterocycles. The molecule has 0 unspecified atom stereocenters. The predicted molar refractivity (Wildman–Crippen MR) is 40.2 cm³/mol. The molecule has 0 aliphatic rings. The summed E-state index contributed by atoms with van der Waals surface area (Å²) < 4.78 is 4.63. The number of hydrogen-bond donors (Lipinski definition) is 1. The van der Waals surface area contributed by atoms with Crippen molar-refractivity contribution in [1.29, 1.82) is 0 Å². The molecule has 0 aliphatic heterocycles. The average Bonchev–Trinajstić information content (AvgIpc) is 1.35. The minimum atomic E-state index is -2.13. The fraction of sp³-hybridized carbons (Fsp3) is 1.00. The van der Waals surface area contributed by atoms with Crippen molar-refractivity contribution in [2.75, 3.05) is 7.11 Å². The zero-order chi connectivity index (χ0) is 5.21. The van der Waals surface area contributed by atoms with Gasteiger partial charge >= 0.3 is 8.56 Å². The summed E-state index contributed by atoms with van der Waals surface area (Å²) >= 11 is 0. The quantitative estimate of drug-likeness (QED) is 0.558. The van der Waals surface area contributed by atoms with Gasteiger partial charge in [-0.2, -0.15) is 0 Å². The van der Waals surface area contributed by atoms with E-state index in [0.717, 1.165) is 0 Å². The maximum atomic E-state index is 8.74. The van der Waals surface area contributed by atoms with Crippen LogP contribution in [0.1, 0.15) is 14.9 Å². The third-order valence-corrected chi connectivity index (χ3v) is 1.50. The molecule has 0 amide bonds. The first-order chi connectivity index (χ1) is 2.56. The molecule has 0 bridgehead atoms. The van der Waals surface area contributed by atoms with Gasteiger partial charge in [-0.15, -0.1) is 0 Å². The Bertz CT molecular complexity index is 40.2. The molecule has 0 rings (SSSR count). The SMILES string of the molecule is C.C.CO[Si](C)(C)O. The Balaban J connectivity index is -0.000000125. The van der Waals surface area contributed by atoms with Gasteiger partial charge in [0.05, 0.1) is 0 Å². The van der Waals surface area contributed by atoms with Gasteiger partial charge in [0, 0.05) is 7.11 Å². The summed E-state index contributed by atoms with van der Waals surface area (Å²) in [6, 6.07) is 0. The van der Waals surface area contributed by atoms with Crippen LogP contribution in [0, 0.1) is 0 Å². The maximum absolute atomic E-state index is 8.74. The van der Waals surface area contributed by atoms with E-state index in [0.29, 0.717) is 0 Å². The maximum Gasteiger partial charge on any atom is 0.328 e. The van der Waals surface area contributed by atoms with Gasteiger partial charge in [-0.1, -0.05) is 14.9 Å². The highest BCUT2D eigenvalue weighted by Gasteiger charge is 2.14. The Morgan fingerprint density at radius 3 is 1.38 bits per heavy atom. The second-order valence-corrected chi connectivity index (χ2v) is 4.95. The molecular weight excluding hydrogens is 120 g/mol. The lowest BCUT2D eigenvalue weighted by atomic mass is 11.8. The van der Waals surface area contributed by atoms with Crippen molar-refractivity contribution in [3.05, 3.63) is 0 Å². The van der Waals surface area contributed by atoms with Crippen LogP contribution in [0.4, 0.5) is 0 Å². The van der Waals surface area contributed by atoms with Gasteiger partial charge in [-0.05, 0) is 13.1 Å². The third kappa shape index (κ3) is 16.5. The molecule has 0 saturated carbocycles. The zero-order valence-corrected chi connectivity index (χ0v) is 5.36. The van der Waals surface area contributed by atoms with Crippen molar-refractivity contribution in [3.8, 4) is 0 Å². The molecule has 1 N–H and O–H groups in total. The van der Waals surface area contributed by atoms with E-state index in [9.17, 15) is 0 Å². The van der Waals surface area contributed by atoms with Crippen LogP contribution in [0.25, 0.3) is 0 Å². The van der Waals surface area contributed by atoms with Crippen LogP contribution in [0.15, 0.2) is 0 Å². The smallest absolute Gasteiger partial charge is 0.328 e. The van der Waals surface area contributed by atoms with Crippen LogP contribution in [0.2, 0.25) is 13.1 Å². The molecule has 0 aliphatic carbocycles. The molecule has 0 saturated heterocycles. The fourth-order valence-corrected chi connectivity index (χ4v) is 0. The monoisotopic (exact) mass is 138 g/mol. The molecule has 0 heterocycles. The molecule has 3 heteroatoms. The van der Waals surface area contributed by atoms with Crippen molar-refractivity contribution in [3.63, 3.8) is 0 Å². The van der Waals surface area contributed by atoms with Crippen LogP contribution in [0.3, 0.4) is 0 Å². The van der Waals surface area contributed by atoms with Gasteiger partial charge in [-0.3, -0.25) is 0 Å². The summed E-state index contributed by atoms with van der Waals surface area (Å²) in [6.45, 7) is 3.43. The van der Waals surface area contributed by atoms with Crippen molar-refractivity contribution in [2.24, 2.45) is 0 Å². The highest BCUT2D eigenvalue weighted by atomic mass is 28.4. The molecule has 0 atom stereocenters. The highest BCUT2D eigenvalue weighted by Crippen LogP contribution is 1.92. The third-order valence-electron chi connectivity index (χ3n) is 0.500. The predicted octanol–water partition coefficient (Wildman–Crippen LogP) is 1.60. The summed E-state index contributed by atoms with van der Waals surface area (Å²) in [6.07, 6.45) is 0. The van der Waals surface area contributed by atoms with E-state index in [1.165, 1.54) is 7.11 Å². The summed E-state index contributed by atoms with van der Waals surface area (Å²) in [4.78, 5) is 8.74. The Morgan fingerprint density at radius 1 is 1.25 bits per heavy atom. The normalized spacial score (nSPS) is 9.00. The summed E-state index contributed by atoms with van der Waals surface area (Å²) in [5.41, 5.74) is 0. The van der Waals surface area contributed by atoms with Crippen molar-refractivity contribution in [2.45, 2.75) is 27.9 Å². The lowest BCUT2D eigenvalue weighted by Gasteiger charge is -2.08. The first-order valence-electron chi connectivity index (χ1n) is 1.84. The molecular formula is C5H18O2Si. The minimum Gasteiger partial charge on any atom is -0.411 e. The molecule has 0 spiro atoms. The molecule has 8 heavy (non-hydrogen) atoms. The Hall–Kier alpha value is 0.137. The van der Waals surface area contributed by atoms with E-state index < -0.39 is 8.56 Å². The molecule has 2 nitrogen and oxygen atoms in total. The van der Waals surface area contributed by atoms with Crippen LogP contribution < -0.4 is 0 Å². The Morgan fingerprint density at radius 2 is 1.38 bits per heavy atom. The zero-order valence-electron chi connectivity index (χ0n) is 4.36. The lowest BCUT2D eigenvalue weighted by Crippen LogP contribution is -2.27. The second kappa shape index (κ2) is 5.28. The fourth-order valence-electron chi connectivity index (χ4n) is 0. The molecule has 0 aromatic carbocycles. The van der Waals surface area contributed by atoms with Gasteiger partial charge in [0.25, 0.3) is 0 Å². The van der Waals surface area contributed by atoms with Crippen molar-refractivity contribution >= 4 is 8.56 Å². The highest BCUT2D eigenvalue weighted by molar-refractivity contribution is 6.63. The van der Waals surface area contributed by atoms with E-state index in [4.69, 9.17) is 4.80 Å². The summed E-state index contributed by atoms with van der Waals surface area (Å²) in [5, 5.41) is 0. The van der Waals surface area contributed by atoms with E-state index in [-0.39, 0.29) is 14.9 Å². The molecule has 0 aromatic rings. The van der Waals surface area contributed by atoms with Crippen LogP contribution in [-0.4, -0.2) is 20.5 Å². The van der Waals surface area contributed by atoms with E-state index in [2.05, 4.69) is 4.43 Å². The molecule has 0 fully saturated rings. The van der Waals surface area contributed by atoms with Gasteiger partial charge in [0.2, 0.25) is 0 Å². The molecule has 54 valence electrons. The van der Waals surface area contributed by atoms with E-state index in [1.807, 2.05) is 0 Å². The minimum absolute atomic E-state index is 0. The van der Waals surface area contributed by atoms with Gasteiger partial charge in [0.15, 0.2) is 0 Å². The molecule has 0 radical (unpaired) electrons. The topological polar surface area (TPSA) is 29.5 Å². The van der Waals surface area contributed by atoms with Crippen LogP contribution >= 0.6 is 0 Å².